The van der Waals surface area contributed by atoms with E-state index in [9.17, 15) is 23.3 Å². The summed E-state index contributed by atoms with van der Waals surface area (Å²) in [7, 11) is -4.31. The monoisotopic (exact) mass is 747 g/mol. The third-order valence-corrected chi connectivity index (χ3v) is 11.3. The van der Waals surface area contributed by atoms with Crippen LogP contribution in [0.1, 0.15) is 68.0 Å². The van der Waals surface area contributed by atoms with E-state index in [0.717, 1.165) is 61.1 Å². The lowest BCUT2D eigenvalue weighted by atomic mass is 9.93. The average Bonchev–Trinajstić information content (AvgIpc) is 3.69. The highest BCUT2D eigenvalue weighted by Gasteiger charge is 2.29. The highest BCUT2D eigenvalue weighted by molar-refractivity contribution is 7.90. The van der Waals surface area contributed by atoms with E-state index in [0.29, 0.717) is 37.0 Å². The van der Waals surface area contributed by atoms with Crippen molar-refractivity contribution in [3.8, 4) is 22.9 Å². The molecule has 1 aromatic heterocycles. The largest absolute Gasteiger partial charge is 0.494 e. The Labute approximate surface area is 313 Å². The summed E-state index contributed by atoms with van der Waals surface area (Å²) in [6.45, 7) is 8.38. The zero-order valence-electron chi connectivity index (χ0n) is 29.8. The average molecular weight is 748 g/mol. The molecule has 0 atom stereocenters. The summed E-state index contributed by atoms with van der Waals surface area (Å²) in [5.74, 6) is -0.347. The van der Waals surface area contributed by atoms with Gasteiger partial charge in [0.25, 0.3) is 15.9 Å². The fourth-order valence-corrected chi connectivity index (χ4v) is 8.00. The second kappa shape index (κ2) is 15.5. The van der Waals surface area contributed by atoms with Gasteiger partial charge >= 0.3 is 0 Å². The fourth-order valence-electron chi connectivity index (χ4n) is 6.76. The first-order valence-electron chi connectivity index (χ1n) is 17.1. The summed E-state index contributed by atoms with van der Waals surface area (Å²) in [5, 5.41) is 20.6. The van der Waals surface area contributed by atoms with E-state index in [4.69, 9.17) is 16.3 Å². The van der Waals surface area contributed by atoms with Crippen molar-refractivity contribution in [3.63, 3.8) is 0 Å². The lowest BCUT2D eigenvalue weighted by Gasteiger charge is -2.13. The third-order valence-electron chi connectivity index (χ3n) is 9.31. The molecule has 0 saturated carbocycles. The molecule has 0 unspecified atom stereocenters. The second-order valence-corrected chi connectivity index (χ2v) is 15.1. The smallest absolute Gasteiger partial charge is 0.265 e. The van der Waals surface area contributed by atoms with E-state index >= 15 is 0 Å². The standard InChI is InChI=1S/C41H38ClN5O5S/c1-24-18-31(19-25(2)39(24)42)52-17-9-15-33-32-13-8-14-34(38-26(3)45-46-27(38)4)35(32)21-36(33)41(49)44-23-28-10-7-12-29(20-28)40(48)47-53(50,51)37-16-6-5-11-30(37)22-43/h5-8,10-14,16,18-20H,9,15,17,21,23H2,1-4H3,(H,44,49)(H,45,46)(H,47,48). The number of hydrogen-bond acceptors (Lipinski definition) is 7. The summed E-state index contributed by atoms with van der Waals surface area (Å²) >= 11 is 6.35. The van der Waals surface area contributed by atoms with Crippen LogP contribution in [0.15, 0.2) is 89.3 Å². The molecule has 12 heteroatoms. The number of ether oxygens (including phenoxy) is 1. The summed E-state index contributed by atoms with van der Waals surface area (Å²) in [4.78, 5) is 26.8. The van der Waals surface area contributed by atoms with Crippen LogP contribution in [0.4, 0.5) is 0 Å². The molecule has 6 rings (SSSR count). The van der Waals surface area contributed by atoms with Crippen LogP contribution in [0, 0.1) is 39.0 Å². The quantitative estimate of drug-likeness (QED) is 0.112. The molecular weight excluding hydrogens is 710 g/mol. The number of H-pyrrole nitrogens is 1. The van der Waals surface area contributed by atoms with Crippen molar-refractivity contribution < 1.29 is 22.7 Å². The number of rotatable bonds is 12. The molecule has 0 saturated heterocycles. The van der Waals surface area contributed by atoms with Gasteiger partial charge in [0.15, 0.2) is 0 Å². The zero-order chi connectivity index (χ0) is 37.9. The van der Waals surface area contributed by atoms with Gasteiger partial charge in [0.05, 0.1) is 17.9 Å². The van der Waals surface area contributed by atoms with Crippen LogP contribution in [-0.4, -0.2) is 37.0 Å². The molecule has 10 nitrogen and oxygen atoms in total. The molecule has 1 heterocycles. The van der Waals surface area contributed by atoms with E-state index in [1.807, 2.05) is 56.7 Å². The number of carbonyl (C=O) groups is 2. The molecule has 5 aromatic rings. The third kappa shape index (κ3) is 7.89. The van der Waals surface area contributed by atoms with E-state index < -0.39 is 15.9 Å². The van der Waals surface area contributed by atoms with Gasteiger partial charge in [0.1, 0.15) is 16.7 Å². The molecule has 1 aliphatic carbocycles. The van der Waals surface area contributed by atoms with Crippen LogP contribution in [0.25, 0.3) is 16.7 Å². The molecular formula is C41H38ClN5O5S. The van der Waals surface area contributed by atoms with Crippen LogP contribution >= 0.6 is 11.6 Å². The molecule has 0 spiro atoms. The number of allylic oxidation sites excluding steroid dienone is 1. The van der Waals surface area contributed by atoms with Crippen molar-refractivity contribution in [2.45, 2.75) is 58.4 Å². The molecule has 0 fully saturated rings. The SMILES string of the molecule is Cc1cc(OCCCC2=C(C(=O)NCc3cccc(C(=O)NS(=O)(=O)c4ccccc4C#N)c3)Cc3c2cccc3-c2c(C)n[nH]c2C)cc(C)c1Cl. The Balaban J connectivity index is 1.20. The number of halogens is 1. The first kappa shape index (κ1) is 37.1. The number of benzene rings is 4. The lowest BCUT2D eigenvalue weighted by molar-refractivity contribution is -0.117. The maximum atomic E-state index is 14.0. The topological polar surface area (TPSA) is 154 Å². The molecule has 3 N–H and O–H groups in total. The van der Waals surface area contributed by atoms with E-state index in [1.165, 1.54) is 30.3 Å². The predicted molar refractivity (Wildman–Crippen MR) is 204 cm³/mol. The van der Waals surface area contributed by atoms with Gasteiger partial charge in [-0.2, -0.15) is 10.4 Å². The van der Waals surface area contributed by atoms with Crippen molar-refractivity contribution in [3.05, 3.63) is 140 Å². The maximum Gasteiger partial charge on any atom is 0.265 e. The number of sulfonamides is 1. The number of aromatic amines is 1. The van der Waals surface area contributed by atoms with Crippen molar-refractivity contribution in [2.24, 2.45) is 0 Å². The zero-order valence-corrected chi connectivity index (χ0v) is 31.3. The molecule has 0 aliphatic heterocycles. The highest BCUT2D eigenvalue weighted by atomic mass is 35.5. The number of nitrogens with one attached hydrogen (secondary N) is 3. The normalized spacial score (nSPS) is 12.3. The van der Waals surface area contributed by atoms with Crippen LogP contribution in [0.2, 0.25) is 5.02 Å². The van der Waals surface area contributed by atoms with E-state index in [1.54, 1.807) is 18.2 Å². The van der Waals surface area contributed by atoms with Crippen LogP contribution in [0.3, 0.4) is 0 Å². The number of aryl methyl sites for hydroxylation is 4. The summed E-state index contributed by atoms with van der Waals surface area (Å²) in [6, 6.07) is 23.8. The van der Waals surface area contributed by atoms with E-state index in [2.05, 4.69) is 27.6 Å². The van der Waals surface area contributed by atoms with Gasteiger partial charge in [-0.15, -0.1) is 0 Å². The minimum Gasteiger partial charge on any atom is -0.494 e. The van der Waals surface area contributed by atoms with Gasteiger partial charge in [0.2, 0.25) is 5.91 Å². The second-order valence-electron chi connectivity index (χ2n) is 13.0. The summed E-state index contributed by atoms with van der Waals surface area (Å²) in [5.41, 5.74) is 10.1. The summed E-state index contributed by atoms with van der Waals surface area (Å²) in [6.07, 6.45) is 1.70. The van der Waals surface area contributed by atoms with E-state index in [-0.39, 0.29) is 28.5 Å². The number of carbonyl (C=O) groups excluding carboxylic acids is 2. The summed E-state index contributed by atoms with van der Waals surface area (Å²) < 4.78 is 34.0. The highest BCUT2D eigenvalue weighted by Crippen LogP contribution is 2.42. The Morgan fingerprint density at radius 3 is 2.38 bits per heavy atom. The molecule has 270 valence electrons. The maximum absolute atomic E-state index is 14.0. The number of nitriles is 1. The molecule has 53 heavy (non-hydrogen) atoms. The Kier molecular flexibility index (Phi) is 10.8. The van der Waals surface area contributed by atoms with Crippen LogP contribution in [-0.2, 0) is 27.8 Å². The predicted octanol–water partition coefficient (Wildman–Crippen LogP) is 7.44. The number of amides is 2. The Hall–Kier alpha value is -5.70. The molecule has 4 aromatic carbocycles. The van der Waals surface area contributed by atoms with Crippen molar-refractivity contribution in [1.29, 1.82) is 5.26 Å². The van der Waals surface area contributed by atoms with Gasteiger partial charge in [0, 0.05) is 40.4 Å². The number of aromatic nitrogens is 2. The minimum atomic E-state index is -4.31. The van der Waals surface area contributed by atoms with Crippen molar-refractivity contribution in [2.75, 3.05) is 6.61 Å². The van der Waals surface area contributed by atoms with Gasteiger partial charge in [-0.25, -0.2) is 13.1 Å². The number of fused-ring (bicyclic) bond motifs is 1. The molecule has 0 bridgehead atoms. The van der Waals surface area contributed by atoms with Gasteiger partial charge < -0.3 is 10.1 Å². The fraction of sp³-hybridized carbons (Fsp3) is 0.220. The van der Waals surface area contributed by atoms with Gasteiger partial charge in [-0.1, -0.05) is 54.1 Å². The van der Waals surface area contributed by atoms with Crippen molar-refractivity contribution >= 4 is 39.0 Å². The Morgan fingerprint density at radius 2 is 1.66 bits per heavy atom. The van der Waals surface area contributed by atoms with Crippen molar-refractivity contribution in [1.82, 2.24) is 20.2 Å². The minimum absolute atomic E-state index is 0.0756. The molecule has 0 radical (unpaired) electrons. The lowest BCUT2D eigenvalue weighted by Crippen LogP contribution is -2.31. The van der Waals surface area contributed by atoms with Crippen LogP contribution < -0.4 is 14.8 Å². The number of hydrogen-bond donors (Lipinski definition) is 3. The molecule has 2 amide bonds. The first-order chi connectivity index (χ1) is 25.4. The Bertz CT molecular complexity index is 2400. The van der Waals surface area contributed by atoms with Gasteiger partial charge in [-0.05, 0) is 116 Å². The van der Waals surface area contributed by atoms with Crippen LogP contribution in [0.5, 0.6) is 5.75 Å². The Morgan fingerprint density at radius 1 is 0.943 bits per heavy atom. The van der Waals surface area contributed by atoms with Gasteiger partial charge in [-0.3, -0.25) is 14.7 Å². The molecule has 1 aliphatic rings. The number of nitrogens with zero attached hydrogens (tertiary/aromatic N) is 2. The first-order valence-corrected chi connectivity index (χ1v) is 18.9.